The van der Waals surface area contributed by atoms with E-state index < -0.39 is 38.1 Å². The molecule has 2 aromatic heterocycles. The minimum absolute atomic E-state index is 0.632. The van der Waals surface area contributed by atoms with Gasteiger partial charge in [0.15, 0.2) is 0 Å². The van der Waals surface area contributed by atoms with Gasteiger partial charge in [-0.25, -0.2) is 0 Å². The number of rotatable bonds is 16. The zero-order chi connectivity index (χ0) is 27.2. The predicted molar refractivity (Wildman–Crippen MR) is 175 cm³/mol. The van der Waals surface area contributed by atoms with Gasteiger partial charge in [-0.3, -0.25) is 0 Å². The van der Waals surface area contributed by atoms with Crippen molar-refractivity contribution in [2.24, 2.45) is 11.8 Å². The standard InChI is InChI=1S/C26H36O2S2.5CH3.2Sn/c1-5-9-11-19(7-3)17-27-23-21-13-15-30-26(21)24(22-14-16-29-25(22)23)28-18-20(8-4)12-10-6-2;;;;;;;/h13-14,19-20H,5-12,17-18H2,1-4H3;5*1H3;;. The Kier molecular flexibility index (Phi) is 12.8. The van der Waals surface area contributed by atoms with Gasteiger partial charge in [-0.15, -0.1) is 0 Å². The van der Waals surface area contributed by atoms with E-state index in [1.54, 1.807) is 5.79 Å². The van der Waals surface area contributed by atoms with Crippen LogP contribution in [0.15, 0.2) is 12.1 Å². The molecule has 2 atom stereocenters. The second-order valence-electron chi connectivity index (χ2n) is 12.1. The van der Waals surface area contributed by atoms with E-state index in [2.05, 4.69) is 64.5 Å². The van der Waals surface area contributed by atoms with Crippen LogP contribution in [0.2, 0.25) is 24.7 Å². The number of hydrogen-bond acceptors (Lipinski definition) is 4. The molecule has 0 aliphatic rings. The Hall–Kier alpha value is 0.337. The first-order chi connectivity index (χ1) is 17.6. The van der Waals surface area contributed by atoms with Crippen molar-refractivity contribution in [3.05, 3.63) is 12.1 Å². The fraction of sp³-hybridized carbons (Fsp3) is 0.677. The zero-order valence-corrected chi connectivity index (χ0v) is 32.4. The van der Waals surface area contributed by atoms with E-state index in [0.29, 0.717) is 11.8 Å². The van der Waals surface area contributed by atoms with Crippen LogP contribution in [0.1, 0.15) is 79.1 Å². The Balaban J connectivity index is 2.14. The molecular weight excluding hydrogens is 706 g/mol. The maximum atomic E-state index is 6.86. The Bertz CT molecular complexity index is 1050. The van der Waals surface area contributed by atoms with Crippen LogP contribution < -0.4 is 15.3 Å². The van der Waals surface area contributed by atoms with E-state index in [1.807, 2.05) is 22.7 Å². The molecule has 6 heteroatoms. The average Bonchev–Trinajstić information content (AvgIpc) is 3.50. The van der Waals surface area contributed by atoms with Gasteiger partial charge in [0.1, 0.15) is 0 Å². The van der Waals surface area contributed by atoms with E-state index in [4.69, 9.17) is 9.47 Å². The molecule has 207 valence electrons. The van der Waals surface area contributed by atoms with Crippen molar-refractivity contribution >= 4 is 86.8 Å². The molecule has 1 radical (unpaired) electrons. The molecule has 0 aliphatic carbocycles. The van der Waals surface area contributed by atoms with Crippen molar-refractivity contribution in [1.29, 1.82) is 0 Å². The summed E-state index contributed by atoms with van der Waals surface area (Å²) in [7, 11) is 0. The summed E-state index contributed by atoms with van der Waals surface area (Å²) in [6.45, 7) is 10.9. The summed E-state index contributed by atoms with van der Waals surface area (Å²) in [4.78, 5) is 12.6. The van der Waals surface area contributed by atoms with Crippen LogP contribution in [0.3, 0.4) is 0 Å². The van der Waals surface area contributed by atoms with E-state index in [9.17, 15) is 0 Å². The molecule has 0 amide bonds. The first kappa shape index (κ1) is 31.9. The Morgan fingerprint density at radius 3 is 1.68 bits per heavy atom. The molecule has 2 unspecified atom stereocenters. The fourth-order valence-electron chi connectivity index (χ4n) is 4.80. The van der Waals surface area contributed by atoms with Crippen LogP contribution in [-0.4, -0.2) is 51.4 Å². The van der Waals surface area contributed by atoms with Crippen molar-refractivity contribution in [3.8, 4) is 11.5 Å². The van der Waals surface area contributed by atoms with Crippen LogP contribution in [0, 0.1) is 11.8 Å². The molecule has 3 rings (SSSR count). The van der Waals surface area contributed by atoms with Gasteiger partial charge in [-0.2, -0.15) is 0 Å². The van der Waals surface area contributed by atoms with Gasteiger partial charge >= 0.3 is 249 Å². The van der Waals surface area contributed by atoms with Crippen molar-refractivity contribution in [3.63, 3.8) is 0 Å². The maximum absolute atomic E-state index is 6.86. The summed E-state index contributed by atoms with van der Waals surface area (Å²) < 4.78 is 19.7. The Morgan fingerprint density at radius 2 is 1.24 bits per heavy atom. The van der Waals surface area contributed by atoms with Crippen LogP contribution in [0.25, 0.3) is 20.2 Å². The molecule has 0 saturated heterocycles. The minimum atomic E-state index is -2.27. The molecule has 2 heterocycles. The number of fused-ring (bicyclic) bond motifs is 2. The molecular formula is C31H51O2S2Sn2. The quantitative estimate of drug-likeness (QED) is 0.136. The molecule has 0 saturated carbocycles. The second kappa shape index (κ2) is 14.8. The van der Waals surface area contributed by atoms with E-state index >= 15 is 0 Å². The molecule has 0 bridgehead atoms. The van der Waals surface area contributed by atoms with Crippen LogP contribution >= 0.6 is 22.7 Å². The van der Waals surface area contributed by atoms with Gasteiger partial charge in [0, 0.05) is 0 Å². The predicted octanol–water partition coefficient (Wildman–Crippen LogP) is 9.81. The number of hydrogen-bond donors (Lipinski definition) is 0. The topological polar surface area (TPSA) is 18.5 Å². The molecule has 0 fully saturated rings. The first-order valence-electron chi connectivity index (χ1n) is 14.7. The molecule has 2 nitrogen and oxygen atoms in total. The molecule has 0 N–H and O–H groups in total. The van der Waals surface area contributed by atoms with Gasteiger partial charge in [0.05, 0.1) is 0 Å². The van der Waals surface area contributed by atoms with Crippen molar-refractivity contribution in [2.45, 2.75) is 104 Å². The number of ether oxygens (including phenoxy) is 2. The van der Waals surface area contributed by atoms with E-state index in [-0.39, 0.29) is 0 Å². The molecule has 37 heavy (non-hydrogen) atoms. The normalized spacial score (nSPS) is 14.1. The third-order valence-electron chi connectivity index (χ3n) is 7.61. The summed E-state index contributed by atoms with van der Waals surface area (Å²) in [5.41, 5.74) is 0. The van der Waals surface area contributed by atoms with Crippen molar-refractivity contribution < 1.29 is 9.47 Å². The molecule has 0 aliphatic heterocycles. The first-order valence-corrected chi connectivity index (χ1v) is 33.5. The zero-order valence-electron chi connectivity index (χ0n) is 25.0. The molecule has 3 aromatic rings. The van der Waals surface area contributed by atoms with Crippen LogP contribution in [-0.2, 0) is 0 Å². The summed E-state index contributed by atoms with van der Waals surface area (Å²) in [5, 5.41) is 2.65. The summed E-state index contributed by atoms with van der Waals surface area (Å²) in [6, 6.07) is 5.01. The summed E-state index contributed by atoms with van der Waals surface area (Å²) >= 11 is 0.234. The van der Waals surface area contributed by atoms with E-state index in [1.165, 1.54) is 71.5 Å². The van der Waals surface area contributed by atoms with Crippen molar-refractivity contribution in [2.75, 3.05) is 13.2 Å². The Morgan fingerprint density at radius 1 is 0.757 bits per heavy atom. The van der Waals surface area contributed by atoms with Gasteiger partial charge < -0.3 is 0 Å². The third-order valence-corrected chi connectivity index (χ3v) is 26.0. The van der Waals surface area contributed by atoms with Crippen LogP contribution in [0.4, 0.5) is 0 Å². The number of benzene rings is 1. The Labute approximate surface area is 246 Å². The van der Waals surface area contributed by atoms with Gasteiger partial charge in [-0.05, 0) is 0 Å². The monoisotopic (exact) mass is 759 g/mol. The molecule has 1 aromatic carbocycles. The van der Waals surface area contributed by atoms with Crippen molar-refractivity contribution in [1.82, 2.24) is 0 Å². The molecule has 0 spiro atoms. The third kappa shape index (κ3) is 8.19. The summed E-state index contributed by atoms with van der Waals surface area (Å²) in [6.07, 6.45) is 10.0. The number of unbranched alkanes of at least 4 members (excludes halogenated alkanes) is 2. The SMILES string of the molecule is CCCCC(CC)COc1c2c[c]([Sn]([CH3])([CH3])[CH3])sc2c(OCC(CC)CCCC)c2c[c]([Sn]([CH3])[CH3])sc12. The second-order valence-corrected chi connectivity index (χ2v) is 37.9. The fourth-order valence-corrected chi connectivity index (χ4v) is 16.2. The average molecular weight is 757 g/mol. The van der Waals surface area contributed by atoms with Crippen LogP contribution in [0.5, 0.6) is 11.5 Å². The van der Waals surface area contributed by atoms with E-state index in [0.717, 1.165) is 24.7 Å². The number of thiophene rings is 2. The van der Waals surface area contributed by atoms with Gasteiger partial charge in [0.25, 0.3) is 0 Å². The van der Waals surface area contributed by atoms with Gasteiger partial charge in [-0.1, -0.05) is 0 Å². The summed E-state index contributed by atoms with van der Waals surface area (Å²) in [5.74, 6) is 3.58. The van der Waals surface area contributed by atoms with Gasteiger partial charge in [0.2, 0.25) is 0 Å².